The third-order valence-electron chi connectivity index (χ3n) is 1.67. The van der Waals surface area contributed by atoms with Crippen molar-refractivity contribution in [2.75, 3.05) is 6.54 Å². The molecule has 0 amide bonds. The lowest BCUT2D eigenvalue weighted by atomic mass is 10.1. The maximum absolute atomic E-state index is 9.54. The molecular formula is C9H12BrNO. The molecule has 0 heterocycles. The lowest BCUT2D eigenvalue weighted by Gasteiger charge is -2.09. The van der Waals surface area contributed by atoms with Crippen LogP contribution in [0.3, 0.4) is 0 Å². The van der Waals surface area contributed by atoms with Gasteiger partial charge in [-0.05, 0) is 30.7 Å². The van der Waals surface area contributed by atoms with E-state index in [1.165, 1.54) is 0 Å². The van der Waals surface area contributed by atoms with Crippen molar-refractivity contribution in [3.8, 4) is 0 Å². The molecule has 0 bridgehead atoms. The second-order valence-corrected chi connectivity index (χ2v) is 3.56. The number of aliphatic hydroxyl groups is 1. The van der Waals surface area contributed by atoms with Gasteiger partial charge < -0.3 is 10.8 Å². The molecule has 0 aliphatic carbocycles. The van der Waals surface area contributed by atoms with Gasteiger partial charge in [-0.2, -0.15) is 0 Å². The highest BCUT2D eigenvalue weighted by Crippen LogP contribution is 2.19. The largest absolute Gasteiger partial charge is 0.388 e. The number of benzene rings is 1. The Morgan fingerprint density at radius 2 is 2.25 bits per heavy atom. The zero-order chi connectivity index (χ0) is 8.97. The van der Waals surface area contributed by atoms with Gasteiger partial charge in [-0.25, -0.2) is 0 Å². The average Bonchev–Trinajstić information content (AvgIpc) is 2.05. The zero-order valence-electron chi connectivity index (χ0n) is 6.70. The van der Waals surface area contributed by atoms with Gasteiger partial charge in [-0.15, -0.1) is 0 Å². The highest BCUT2D eigenvalue weighted by molar-refractivity contribution is 9.10. The summed E-state index contributed by atoms with van der Waals surface area (Å²) >= 11 is 3.34. The van der Waals surface area contributed by atoms with E-state index in [9.17, 15) is 5.11 Å². The quantitative estimate of drug-likeness (QED) is 0.832. The fraction of sp³-hybridized carbons (Fsp3) is 0.333. The molecule has 0 aliphatic rings. The van der Waals surface area contributed by atoms with E-state index in [0.29, 0.717) is 13.0 Å². The molecule has 1 aromatic rings. The maximum Gasteiger partial charge on any atom is 0.0802 e. The summed E-state index contributed by atoms with van der Waals surface area (Å²) in [5.41, 5.74) is 6.24. The molecule has 1 rings (SSSR count). The predicted molar refractivity (Wildman–Crippen MR) is 52.8 cm³/mol. The van der Waals surface area contributed by atoms with Gasteiger partial charge in [-0.3, -0.25) is 0 Å². The molecule has 0 aliphatic heterocycles. The molecule has 0 fully saturated rings. The van der Waals surface area contributed by atoms with Crippen molar-refractivity contribution in [2.24, 2.45) is 5.73 Å². The second kappa shape index (κ2) is 4.60. The standard InChI is InChI=1S/C9H12BrNO/c10-8-3-1-2-7(6-8)9(12)4-5-11/h1-3,6,9,12H,4-5,11H2/t9-/m1/s1. The summed E-state index contributed by atoms with van der Waals surface area (Å²) in [7, 11) is 0. The van der Waals surface area contributed by atoms with Crippen molar-refractivity contribution < 1.29 is 5.11 Å². The first-order valence-electron chi connectivity index (χ1n) is 3.87. The van der Waals surface area contributed by atoms with Crippen LogP contribution in [-0.4, -0.2) is 11.7 Å². The predicted octanol–water partition coefficient (Wildman–Crippen LogP) is 1.83. The first kappa shape index (κ1) is 9.71. The molecule has 12 heavy (non-hydrogen) atoms. The second-order valence-electron chi connectivity index (χ2n) is 2.65. The fourth-order valence-electron chi connectivity index (χ4n) is 1.04. The Morgan fingerprint density at radius 1 is 1.50 bits per heavy atom. The van der Waals surface area contributed by atoms with Gasteiger partial charge in [0.2, 0.25) is 0 Å². The van der Waals surface area contributed by atoms with Crippen LogP contribution in [0.4, 0.5) is 0 Å². The number of rotatable bonds is 3. The molecule has 1 aromatic carbocycles. The van der Waals surface area contributed by atoms with E-state index in [4.69, 9.17) is 5.73 Å². The monoisotopic (exact) mass is 229 g/mol. The smallest absolute Gasteiger partial charge is 0.0802 e. The number of halogens is 1. The lowest BCUT2D eigenvalue weighted by Crippen LogP contribution is -2.06. The minimum absolute atomic E-state index is 0.438. The van der Waals surface area contributed by atoms with Gasteiger partial charge in [0.1, 0.15) is 0 Å². The summed E-state index contributed by atoms with van der Waals surface area (Å²) in [5, 5.41) is 9.54. The summed E-state index contributed by atoms with van der Waals surface area (Å²) in [4.78, 5) is 0. The molecule has 0 saturated heterocycles. The molecular weight excluding hydrogens is 218 g/mol. The maximum atomic E-state index is 9.54. The van der Waals surface area contributed by atoms with Gasteiger partial charge in [0.05, 0.1) is 6.10 Å². The normalized spacial score (nSPS) is 12.9. The Bertz CT molecular complexity index is 252. The zero-order valence-corrected chi connectivity index (χ0v) is 8.29. The van der Waals surface area contributed by atoms with Crippen LogP contribution in [0.15, 0.2) is 28.7 Å². The topological polar surface area (TPSA) is 46.2 Å². The molecule has 66 valence electrons. The van der Waals surface area contributed by atoms with Gasteiger partial charge in [-0.1, -0.05) is 28.1 Å². The number of hydrogen-bond acceptors (Lipinski definition) is 2. The van der Waals surface area contributed by atoms with Crippen molar-refractivity contribution in [3.63, 3.8) is 0 Å². The van der Waals surface area contributed by atoms with Crippen molar-refractivity contribution >= 4 is 15.9 Å². The van der Waals surface area contributed by atoms with Crippen molar-refractivity contribution in [3.05, 3.63) is 34.3 Å². The number of nitrogens with two attached hydrogens (primary N) is 1. The molecule has 1 atom stereocenters. The van der Waals surface area contributed by atoms with Gasteiger partial charge in [0.15, 0.2) is 0 Å². The van der Waals surface area contributed by atoms with E-state index in [1.807, 2.05) is 24.3 Å². The Morgan fingerprint density at radius 3 is 2.83 bits per heavy atom. The van der Waals surface area contributed by atoms with Crippen LogP contribution in [0.25, 0.3) is 0 Å². The number of hydrogen-bond donors (Lipinski definition) is 2. The van der Waals surface area contributed by atoms with Crippen molar-refractivity contribution in [2.45, 2.75) is 12.5 Å². The highest BCUT2D eigenvalue weighted by atomic mass is 79.9. The van der Waals surface area contributed by atoms with Crippen LogP contribution in [0.1, 0.15) is 18.1 Å². The fourth-order valence-corrected chi connectivity index (χ4v) is 1.46. The molecule has 0 unspecified atom stereocenters. The van der Waals surface area contributed by atoms with Crippen LogP contribution in [0.2, 0.25) is 0 Å². The molecule has 0 spiro atoms. The molecule has 3 heteroatoms. The summed E-state index contributed by atoms with van der Waals surface area (Å²) in [5.74, 6) is 0. The summed E-state index contributed by atoms with van der Waals surface area (Å²) in [6, 6.07) is 7.63. The van der Waals surface area contributed by atoms with Crippen LogP contribution in [0.5, 0.6) is 0 Å². The van der Waals surface area contributed by atoms with E-state index in [-0.39, 0.29) is 0 Å². The average molecular weight is 230 g/mol. The minimum Gasteiger partial charge on any atom is -0.388 e. The molecule has 0 aromatic heterocycles. The van der Waals surface area contributed by atoms with E-state index in [1.54, 1.807) is 0 Å². The van der Waals surface area contributed by atoms with Crippen molar-refractivity contribution in [1.29, 1.82) is 0 Å². The van der Waals surface area contributed by atoms with Gasteiger partial charge >= 0.3 is 0 Å². The van der Waals surface area contributed by atoms with E-state index < -0.39 is 6.10 Å². The lowest BCUT2D eigenvalue weighted by molar-refractivity contribution is 0.170. The first-order chi connectivity index (χ1) is 5.74. The van der Waals surface area contributed by atoms with E-state index in [0.717, 1.165) is 10.0 Å². The third kappa shape index (κ3) is 2.59. The Balaban J connectivity index is 2.73. The molecule has 2 nitrogen and oxygen atoms in total. The molecule has 3 N–H and O–H groups in total. The van der Waals surface area contributed by atoms with Crippen LogP contribution < -0.4 is 5.73 Å². The number of aliphatic hydroxyl groups excluding tert-OH is 1. The van der Waals surface area contributed by atoms with Gasteiger partial charge in [0.25, 0.3) is 0 Å². The minimum atomic E-state index is -0.438. The highest BCUT2D eigenvalue weighted by Gasteiger charge is 2.05. The molecule has 0 saturated carbocycles. The molecule has 0 radical (unpaired) electrons. The van der Waals surface area contributed by atoms with Crippen LogP contribution in [0, 0.1) is 0 Å². The van der Waals surface area contributed by atoms with E-state index >= 15 is 0 Å². The summed E-state index contributed by atoms with van der Waals surface area (Å²) < 4.78 is 0.982. The Labute approximate surface area is 80.5 Å². The first-order valence-corrected chi connectivity index (χ1v) is 4.67. The van der Waals surface area contributed by atoms with Crippen LogP contribution >= 0.6 is 15.9 Å². The van der Waals surface area contributed by atoms with Gasteiger partial charge in [0, 0.05) is 4.47 Å². The van der Waals surface area contributed by atoms with Crippen LogP contribution in [-0.2, 0) is 0 Å². The summed E-state index contributed by atoms with van der Waals surface area (Å²) in [6.07, 6.45) is 0.170. The SMILES string of the molecule is NCC[C@@H](O)c1cccc(Br)c1. The third-order valence-corrected chi connectivity index (χ3v) is 2.17. The van der Waals surface area contributed by atoms with Crippen molar-refractivity contribution in [1.82, 2.24) is 0 Å². The Hall–Kier alpha value is -0.380. The Kier molecular flexibility index (Phi) is 3.72. The summed E-state index contributed by atoms with van der Waals surface area (Å²) in [6.45, 7) is 0.508. The van der Waals surface area contributed by atoms with E-state index in [2.05, 4.69) is 15.9 Å².